The van der Waals surface area contributed by atoms with Crippen LogP contribution >= 0.6 is 0 Å². The predicted molar refractivity (Wildman–Crippen MR) is 28.0 cm³/mol. The maximum atomic E-state index is 10.2. The number of esters is 1. The number of aliphatic hydroxyl groups excluding tert-OH is 1. The van der Waals surface area contributed by atoms with E-state index in [0.29, 0.717) is 0 Å². The van der Waals surface area contributed by atoms with Gasteiger partial charge in [-0.05, 0) is 6.92 Å². The third-order valence-corrected chi connectivity index (χ3v) is 0.559. The third-order valence-electron chi connectivity index (χ3n) is 0.559. The average Bonchev–Trinajstić information content (AvgIpc) is 1.67. The minimum Gasteiger partial charge on any atom is -0.466 e. The summed E-state index contributed by atoms with van der Waals surface area (Å²) in [6.45, 7) is 4.99. The fourth-order valence-corrected chi connectivity index (χ4v) is 0.238. The largest absolute Gasteiger partial charge is 0.466 e. The van der Waals surface area contributed by atoms with E-state index in [4.69, 9.17) is 5.11 Å². The molecule has 0 fully saturated rings. The van der Waals surface area contributed by atoms with E-state index in [9.17, 15) is 4.79 Å². The Balaban J connectivity index is 3.33. The Labute approximate surface area is 48.3 Å². The monoisotopic (exact) mass is 117 g/mol. The first kappa shape index (κ1) is 7.43. The van der Waals surface area contributed by atoms with Crippen molar-refractivity contribution in [2.24, 2.45) is 0 Å². The zero-order chi connectivity index (χ0) is 6.57. The maximum absolute atomic E-state index is 10.2. The number of hydrogen-bond donors (Lipinski definition) is 1. The first-order valence-electron chi connectivity index (χ1n) is 2.36. The van der Waals surface area contributed by atoms with Crippen LogP contribution in [0.4, 0.5) is 0 Å². The van der Waals surface area contributed by atoms with Gasteiger partial charge < -0.3 is 16.8 Å². The lowest BCUT2D eigenvalue weighted by atomic mass is 10.4. The van der Waals surface area contributed by atoms with Crippen LogP contribution in [0.2, 0.25) is 0 Å². The van der Waals surface area contributed by atoms with Crippen LogP contribution in [0.15, 0.2) is 0 Å². The van der Waals surface area contributed by atoms with Gasteiger partial charge in [-0.1, -0.05) is 0 Å². The number of aliphatic hydroxyl groups is 1. The van der Waals surface area contributed by atoms with E-state index in [1.807, 2.05) is 0 Å². The lowest BCUT2D eigenvalue weighted by molar-refractivity contribution is -0.150. The molecule has 0 aliphatic heterocycles. The quantitative estimate of drug-likeness (QED) is 0.400. The van der Waals surface area contributed by atoms with Crippen LogP contribution in [-0.2, 0) is 9.53 Å². The zero-order valence-electron chi connectivity index (χ0n) is 4.76. The number of carbonyl (C=O) groups excluding carboxylic acids is 1. The van der Waals surface area contributed by atoms with Gasteiger partial charge in [-0.15, -0.1) is 0 Å². The summed E-state index contributed by atoms with van der Waals surface area (Å²) in [5, 5.41) is 8.37. The summed E-state index contributed by atoms with van der Waals surface area (Å²) in [5.74, 6) is -0.674. The highest BCUT2D eigenvalue weighted by Crippen LogP contribution is 1.83. The SMILES string of the molecule is [CH2-][C@@H](O)C(=O)OCC. The molecule has 3 nitrogen and oxygen atoms in total. The van der Waals surface area contributed by atoms with Crippen molar-refractivity contribution >= 4 is 5.97 Å². The molecule has 0 aromatic rings. The van der Waals surface area contributed by atoms with Crippen molar-refractivity contribution in [2.75, 3.05) is 6.61 Å². The zero-order valence-corrected chi connectivity index (χ0v) is 4.76. The van der Waals surface area contributed by atoms with Crippen molar-refractivity contribution in [2.45, 2.75) is 13.0 Å². The molecule has 0 saturated heterocycles. The van der Waals surface area contributed by atoms with Gasteiger partial charge in [-0.2, -0.15) is 0 Å². The van der Waals surface area contributed by atoms with E-state index in [2.05, 4.69) is 11.7 Å². The highest BCUT2D eigenvalue weighted by Gasteiger charge is 2.00. The van der Waals surface area contributed by atoms with Crippen LogP contribution in [0.1, 0.15) is 6.92 Å². The minimum absolute atomic E-state index is 0.283. The van der Waals surface area contributed by atoms with Crippen molar-refractivity contribution < 1.29 is 14.6 Å². The summed E-state index contributed by atoms with van der Waals surface area (Å²) in [6, 6.07) is 0. The Kier molecular flexibility index (Phi) is 3.19. The molecule has 0 spiro atoms. The Hall–Kier alpha value is -0.570. The fraction of sp³-hybridized carbons (Fsp3) is 0.600. The second-order valence-corrected chi connectivity index (χ2v) is 1.27. The van der Waals surface area contributed by atoms with Crippen LogP contribution in [-0.4, -0.2) is 23.8 Å². The topological polar surface area (TPSA) is 46.5 Å². The van der Waals surface area contributed by atoms with Gasteiger partial charge in [0, 0.05) is 6.10 Å². The summed E-state index contributed by atoms with van der Waals surface area (Å²) < 4.78 is 4.35. The molecule has 1 N–H and O–H groups in total. The molecular weight excluding hydrogens is 108 g/mol. The van der Waals surface area contributed by atoms with Gasteiger partial charge in [0.2, 0.25) is 0 Å². The molecule has 0 aromatic carbocycles. The average molecular weight is 117 g/mol. The van der Waals surface area contributed by atoms with E-state index in [-0.39, 0.29) is 6.61 Å². The predicted octanol–water partition coefficient (Wildman–Crippen LogP) is -0.256. The van der Waals surface area contributed by atoms with Crippen molar-refractivity contribution in [3.8, 4) is 0 Å². The van der Waals surface area contributed by atoms with Crippen molar-refractivity contribution in [1.82, 2.24) is 0 Å². The third kappa shape index (κ3) is 2.58. The molecule has 3 heteroatoms. The lowest BCUT2D eigenvalue weighted by Crippen LogP contribution is -2.19. The smallest absolute Gasteiger partial charge is 0.303 e. The molecule has 0 saturated carbocycles. The fourth-order valence-electron chi connectivity index (χ4n) is 0.238. The summed E-state index contributed by atoms with van der Waals surface area (Å²) in [5.41, 5.74) is 0. The number of hydrogen-bond acceptors (Lipinski definition) is 3. The second kappa shape index (κ2) is 3.43. The van der Waals surface area contributed by atoms with Crippen molar-refractivity contribution in [3.05, 3.63) is 6.92 Å². The standard InChI is InChI=1S/C5H9O3/c1-3-8-5(7)4(2)6/h4,6H,2-3H2,1H3/q-1/t4-/m1/s1. The molecule has 0 aliphatic carbocycles. The van der Waals surface area contributed by atoms with Crippen LogP contribution in [0, 0.1) is 6.92 Å². The number of rotatable bonds is 2. The van der Waals surface area contributed by atoms with Gasteiger partial charge in [0.25, 0.3) is 0 Å². The molecule has 0 heterocycles. The summed E-state index contributed by atoms with van der Waals surface area (Å²) in [6.07, 6.45) is -1.24. The van der Waals surface area contributed by atoms with E-state index in [1.165, 1.54) is 0 Å². The highest BCUT2D eigenvalue weighted by molar-refractivity contribution is 5.74. The molecule has 48 valence electrons. The summed E-state index contributed by atoms with van der Waals surface area (Å²) >= 11 is 0. The highest BCUT2D eigenvalue weighted by atomic mass is 16.5. The Bertz CT molecular complexity index is 77.7. The van der Waals surface area contributed by atoms with E-state index < -0.39 is 12.1 Å². The van der Waals surface area contributed by atoms with Gasteiger partial charge >= 0.3 is 5.97 Å². The van der Waals surface area contributed by atoms with Gasteiger partial charge in [0.05, 0.1) is 6.61 Å². The van der Waals surface area contributed by atoms with E-state index in [0.717, 1.165) is 0 Å². The van der Waals surface area contributed by atoms with Gasteiger partial charge in [-0.3, -0.25) is 4.79 Å². The van der Waals surface area contributed by atoms with Crippen LogP contribution in [0.5, 0.6) is 0 Å². The molecule has 0 unspecified atom stereocenters. The second-order valence-electron chi connectivity index (χ2n) is 1.27. The Morgan fingerprint density at radius 1 is 2.00 bits per heavy atom. The molecule has 1 atom stereocenters. The number of carbonyl (C=O) groups is 1. The van der Waals surface area contributed by atoms with Crippen LogP contribution in [0.3, 0.4) is 0 Å². The Morgan fingerprint density at radius 2 is 2.50 bits per heavy atom. The lowest BCUT2D eigenvalue weighted by Gasteiger charge is -2.06. The summed E-state index contributed by atoms with van der Waals surface area (Å²) in [4.78, 5) is 10.2. The first-order chi connectivity index (χ1) is 3.68. The molecule has 0 amide bonds. The van der Waals surface area contributed by atoms with Gasteiger partial charge in [-0.25, -0.2) is 0 Å². The summed E-state index contributed by atoms with van der Waals surface area (Å²) in [7, 11) is 0. The molecule has 0 rings (SSSR count). The molecular formula is C5H9O3-. The molecule has 8 heavy (non-hydrogen) atoms. The first-order valence-corrected chi connectivity index (χ1v) is 2.36. The van der Waals surface area contributed by atoms with E-state index >= 15 is 0 Å². The maximum Gasteiger partial charge on any atom is 0.303 e. The van der Waals surface area contributed by atoms with Crippen LogP contribution in [0.25, 0.3) is 0 Å². The Morgan fingerprint density at radius 3 is 2.62 bits per heavy atom. The van der Waals surface area contributed by atoms with Gasteiger partial charge in [0.15, 0.2) is 0 Å². The van der Waals surface area contributed by atoms with Crippen molar-refractivity contribution in [1.29, 1.82) is 0 Å². The van der Waals surface area contributed by atoms with Crippen molar-refractivity contribution in [3.63, 3.8) is 0 Å². The molecule has 0 aromatic heterocycles. The molecule has 0 radical (unpaired) electrons. The molecule has 0 bridgehead atoms. The van der Waals surface area contributed by atoms with Gasteiger partial charge in [0.1, 0.15) is 0 Å². The normalized spacial score (nSPS) is 12.9. The number of ether oxygens (including phenoxy) is 1. The van der Waals surface area contributed by atoms with E-state index in [1.54, 1.807) is 6.92 Å². The molecule has 0 aliphatic rings. The minimum atomic E-state index is -1.24. The van der Waals surface area contributed by atoms with Crippen LogP contribution < -0.4 is 0 Å².